The summed E-state index contributed by atoms with van der Waals surface area (Å²) in [6.07, 6.45) is 1.66. The normalized spacial score (nSPS) is 10.2. The standard InChI is InChI=1S/C18H17ClN4O2/c1-24-14-6-7-16(25-2)15(11-14)22-17-8-9-20-18(23-17)21-13-5-3-4-12(19)10-13/h3-11H,1-2H3,(H2,20,21,22,23). The monoisotopic (exact) mass is 356 g/mol. The maximum atomic E-state index is 5.99. The van der Waals surface area contributed by atoms with Crippen LogP contribution in [-0.4, -0.2) is 24.2 Å². The Morgan fingerprint density at radius 3 is 2.60 bits per heavy atom. The van der Waals surface area contributed by atoms with Crippen LogP contribution in [0.25, 0.3) is 0 Å². The molecule has 7 heteroatoms. The molecule has 0 atom stereocenters. The highest BCUT2D eigenvalue weighted by Crippen LogP contribution is 2.31. The van der Waals surface area contributed by atoms with E-state index in [2.05, 4.69) is 20.6 Å². The number of hydrogen-bond donors (Lipinski definition) is 2. The average molecular weight is 357 g/mol. The van der Waals surface area contributed by atoms with Crippen LogP contribution in [-0.2, 0) is 0 Å². The van der Waals surface area contributed by atoms with Crippen molar-refractivity contribution in [1.29, 1.82) is 0 Å². The van der Waals surface area contributed by atoms with Gasteiger partial charge in [-0.3, -0.25) is 0 Å². The van der Waals surface area contributed by atoms with Crippen LogP contribution in [0.3, 0.4) is 0 Å². The van der Waals surface area contributed by atoms with Gasteiger partial charge in [-0.1, -0.05) is 17.7 Å². The molecule has 0 fully saturated rings. The van der Waals surface area contributed by atoms with Crippen LogP contribution in [0.2, 0.25) is 5.02 Å². The number of halogens is 1. The molecule has 0 saturated heterocycles. The molecule has 2 aromatic carbocycles. The van der Waals surface area contributed by atoms with E-state index in [4.69, 9.17) is 21.1 Å². The molecular weight excluding hydrogens is 340 g/mol. The molecule has 25 heavy (non-hydrogen) atoms. The molecule has 2 N–H and O–H groups in total. The Kier molecular flexibility index (Phi) is 5.20. The molecular formula is C18H17ClN4O2. The van der Waals surface area contributed by atoms with Crippen molar-refractivity contribution in [1.82, 2.24) is 9.97 Å². The predicted molar refractivity (Wildman–Crippen MR) is 99.6 cm³/mol. The summed E-state index contributed by atoms with van der Waals surface area (Å²) in [6.45, 7) is 0. The minimum absolute atomic E-state index is 0.453. The molecule has 0 aliphatic carbocycles. The van der Waals surface area contributed by atoms with E-state index in [-0.39, 0.29) is 0 Å². The van der Waals surface area contributed by atoms with Gasteiger partial charge in [0.1, 0.15) is 17.3 Å². The van der Waals surface area contributed by atoms with Crippen molar-refractivity contribution < 1.29 is 9.47 Å². The van der Waals surface area contributed by atoms with Crippen molar-refractivity contribution >= 4 is 34.7 Å². The van der Waals surface area contributed by atoms with Gasteiger partial charge in [0, 0.05) is 23.0 Å². The van der Waals surface area contributed by atoms with Gasteiger partial charge < -0.3 is 20.1 Å². The fourth-order valence-electron chi connectivity index (χ4n) is 2.23. The van der Waals surface area contributed by atoms with E-state index in [9.17, 15) is 0 Å². The molecule has 1 heterocycles. The lowest BCUT2D eigenvalue weighted by Crippen LogP contribution is -2.01. The number of methoxy groups -OCH3 is 2. The predicted octanol–water partition coefficient (Wildman–Crippen LogP) is 4.63. The van der Waals surface area contributed by atoms with Crippen molar-refractivity contribution in [2.45, 2.75) is 0 Å². The molecule has 1 aromatic heterocycles. The number of nitrogens with one attached hydrogen (secondary N) is 2. The quantitative estimate of drug-likeness (QED) is 0.671. The number of ether oxygens (including phenoxy) is 2. The van der Waals surface area contributed by atoms with Crippen LogP contribution in [0.1, 0.15) is 0 Å². The maximum Gasteiger partial charge on any atom is 0.229 e. The third kappa shape index (κ3) is 4.30. The number of nitrogens with zero attached hydrogens (tertiary/aromatic N) is 2. The zero-order valence-corrected chi connectivity index (χ0v) is 14.5. The van der Waals surface area contributed by atoms with Gasteiger partial charge in [0.25, 0.3) is 0 Å². The first-order valence-electron chi connectivity index (χ1n) is 7.52. The summed E-state index contributed by atoms with van der Waals surface area (Å²) in [5.41, 5.74) is 1.55. The number of aromatic nitrogens is 2. The van der Waals surface area contributed by atoms with Gasteiger partial charge in [-0.25, -0.2) is 4.98 Å². The Morgan fingerprint density at radius 1 is 0.960 bits per heavy atom. The lowest BCUT2D eigenvalue weighted by Gasteiger charge is -2.13. The molecule has 0 unspecified atom stereocenters. The number of anilines is 4. The molecule has 0 saturated carbocycles. The van der Waals surface area contributed by atoms with Crippen LogP contribution in [0.5, 0.6) is 11.5 Å². The van der Waals surface area contributed by atoms with Gasteiger partial charge in [-0.2, -0.15) is 4.98 Å². The minimum atomic E-state index is 0.453. The first-order valence-corrected chi connectivity index (χ1v) is 7.90. The molecule has 3 aromatic rings. The van der Waals surface area contributed by atoms with Gasteiger partial charge in [-0.15, -0.1) is 0 Å². The third-order valence-electron chi connectivity index (χ3n) is 3.41. The van der Waals surface area contributed by atoms with E-state index in [0.717, 1.165) is 17.1 Å². The first-order chi connectivity index (χ1) is 12.2. The summed E-state index contributed by atoms with van der Waals surface area (Å²) in [7, 11) is 3.22. The molecule has 3 rings (SSSR count). The zero-order valence-electron chi connectivity index (χ0n) is 13.8. The van der Waals surface area contributed by atoms with E-state index in [1.165, 1.54) is 0 Å². The maximum absolute atomic E-state index is 5.99. The van der Waals surface area contributed by atoms with E-state index in [1.807, 2.05) is 30.3 Å². The second-order valence-corrected chi connectivity index (χ2v) is 5.53. The molecule has 0 bridgehead atoms. The Balaban J connectivity index is 1.82. The number of benzene rings is 2. The van der Waals surface area contributed by atoms with Crippen LogP contribution >= 0.6 is 11.6 Å². The topological polar surface area (TPSA) is 68.3 Å². The van der Waals surface area contributed by atoms with E-state index < -0.39 is 0 Å². The number of rotatable bonds is 6. The fraction of sp³-hybridized carbons (Fsp3) is 0.111. The van der Waals surface area contributed by atoms with Gasteiger partial charge >= 0.3 is 0 Å². The van der Waals surface area contributed by atoms with Crippen molar-refractivity contribution in [2.24, 2.45) is 0 Å². The molecule has 0 aliphatic heterocycles. The molecule has 6 nitrogen and oxygen atoms in total. The molecule has 0 amide bonds. The minimum Gasteiger partial charge on any atom is -0.497 e. The Morgan fingerprint density at radius 2 is 1.84 bits per heavy atom. The van der Waals surface area contributed by atoms with Crippen molar-refractivity contribution in [3.8, 4) is 11.5 Å². The summed E-state index contributed by atoms with van der Waals surface area (Å²) in [5.74, 6) is 2.47. The van der Waals surface area contributed by atoms with Crippen molar-refractivity contribution in [3.05, 3.63) is 59.8 Å². The summed E-state index contributed by atoms with van der Waals surface area (Å²) in [5, 5.41) is 6.97. The van der Waals surface area contributed by atoms with Gasteiger partial charge in [0.15, 0.2) is 0 Å². The lowest BCUT2D eigenvalue weighted by atomic mass is 10.2. The van der Waals surface area contributed by atoms with Crippen molar-refractivity contribution in [2.75, 3.05) is 24.9 Å². The Labute approximate surface area is 150 Å². The summed E-state index contributed by atoms with van der Waals surface area (Å²) >= 11 is 5.99. The summed E-state index contributed by atoms with van der Waals surface area (Å²) < 4.78 is 10.6. The number of hydrogen-bond acceptors (Lipinski definition) is 6. The lowest BCUT2D eigenvalue weighted by molar-refractivity contribution is 0.405. The zero-order chi connectivity index (χ0) is 17.6. The second kappa shape index (κ2) is 7.72. The largest absolute Gasteiger partial charge is 0.497 e. The van der Waals surface area contributed by atoms with Crippen LogP contribution in [0, 0.1) is 0 Å². The smallest absolute Gasteiger partial charge is 0.229 e. The van der Waals surface area contributed by atoms with E-state index >= 15 is 0 Å². The molecule has 0 radical (unpaired) electrons. The Hall–Kier alpha value is -2.99. The highest BCUT2D eigenvalue weighted by Gasteiger charge is 2.07. The van der Waals surface area contributed by atoms with E-state index in [1.54, 1.807) is 38.6 Å². The molecule has 0 aliphatic rings. The van der Waals surface area contributed by atoms with Crippen LogP contribution < -0.4 is 20.1 Å². The highest BCUT2D eigenvalue weighted by atomic mass is 35.5. The average Bonchev–Trinajstić information content (AvgIpc) is 2.62. The van der Waals surface area contributed by atoms with Crippen molar-refractivity contribution in [3.63, 3.8) is 0 Å². The molecule has 0 spiro atoms. The van der Waals surface area contributed by atoms with Gasteiger partial charge in [0.05, 0.1) is 19.9 Å². The second-order valence-electron chi connectivity index (χ2n) is 5.09. The van der Waals surface area contributed by atoms with E-state index in [0.29, 0.717) is 22.5 Å². The van der Waals surface area contributed by atoms with Gasteiger partial charge in [0.2, 0.25) is 5.95 Å². The Bertz CT molecular complexity index is 873. The highest BCUT2D eigenvalue weighted by molar-refractivity contribution is 6.30. The summed E-state index contributed by atoms with van der Waals surface area (Å²) in [4.78, 5) is 8.67. The van der Waals surface area contributed by atoms with Gasteiger partial charge in [-0.05, 0) is 36.4 Å². The summed E-state index contributed by atoms with van der Waals surface area (Å²) in [6, 6.07) is 14.6. The SMILES string of the molecule is COc1ccc(OC)c(Nc2ccnc(Nc3cccc(Cl)c3)n2)c1. The first kappa shape index (κ1) is 16.9. The third-order valence-corrected chi connectivity index (χ3v) is 3.64. The fourth-order valence-corrected chi connectivity index (χ4v) is 2.42. The van der Waals surface area contributed by atoms with Crippen LogP contribution in [0.4, 0.5) is 23.1 Å². The van der Waals surface area contributed by atoms with Crippen LogP contribution in [0.15, 0.2) is 54.7 Å². The molecule has 128 valence electrons.